The van der Waals surface area contributed by atoms with Crippen LogP contribution in [0.15, 0.2) is 24.3 Å². The highest BCUT2D eigenvalue weighted by molar-refractivity contribution is 5.78. The number of likely N-dealkylation sites (tertiary alicyclic amines) is 2. The summed E-state index contributed by atoms with van der Waals surface area (Å²) in [6.07, 6.45) is 4.37. The van der Waals surface area contributed by atoms with Crippen molar-refractivity contribution in [1.82, 2.24) is 9.80 Å². The number of amides is 2. The molecule has 2 heterocycles. The van der Waals surface area contributed by atoms with Crippen LogP contribution in [0, 0.1) is 11.2 Å². The minimum absolute atomic E-state index is 0.00835. The number of nitrogens with zero attached hydrogens (tertiary/aromatic N) is 2. The maximum atomic E-state index is 13.3. The molecule has 1 spiro atoms. The molecule has 0 aromatic heterocycles. The van der Waals surface area contributed by atoms with Crippen LogP contribution in [0.1, 0.15) is 37.7 Å². The molecule has 27 heavy (non-hydrogen) atoms. The van der Waals surface area contributed by atoms with Gasteiger partial charge in [-0.15, -0.1) is 0 Å². The van der Waals surface area contributed by atoms with E-state index in [0.29, 0.717) is 45.5 Å². The van der Waals surface area contributed by atoms with Gasteiger partial charge in [-0.3, -0.25) is 9.59 Å². The fraction of sp³-hybridized carbons (Fsp3) is 0.619. The molecule has 148 valence electrons. The molecule has 0 radical (unpaired) electrons. The molecular weight excluding hydrogens is 347 g/mol. The molecule has 0 saturated carbocycles. The Hall–Kier alpha value is -1.95. The monoisotopic (exact) mass is 376 g/mol. The summed E-state index contributed by atoms with van der Waals surface area (Å²) in [4.78, 5) is 28.8. The molecule has 1 aromatic carbocycles. The minimum atomic E-state index is -0.264. The Morgan fingerprint density at radius 3 is 2.93 bits per heavy atom. The third kappa shape index (κ3) is 5.06. The molecule has 1 aromatic rings. The zero-order chi connectivity index (χ0) is 19.3. The summed E-state index contributed by atoms with van der Waals surface area (Å²) < 4.78 is 18.4. The van der Waals surface area contributed by atoms with Gasteiger partial charge in [-0.05, 0) is 43.4 Å². The number of aryl methyl sites for hydroxylation is 1. The first-order valence-electron chi connectivity index (χ1n) is 9.80. The van der Waals surface area contributed by atoms with Crippen molar-refractivity contribution in [3.63, 3.8) is 0 Å². The van der Waals surface area contributed by atoms with Crippen molar-refractivity contribution in [3.8, 4) is 0 Å². The van der Waals surface area contributed by atoms with Crippen molar-refractivity contribution >= 4 is 11.8 Å². The van der Waals surface area contributed by atoms with Gasteiger partial charge in [-0.1, -0.05) is 12.1 Å². The van der Waals surface area contributed by atoms with Gasteiger partial charge in [0, 0.05) is 51.5 Å². The van der Waals surface area contributed by atoms with E-state index in [-0.39, 0.29) is 23.0 Å². The number of hydrogen-bond donors (Lipinski definition) is 0. The van der Waals surface area contributed by atoms with E-state index in [1.807, 2.05) is 15.9 Å². The topological polar surface area (TPSA) is 49.9 Å². The Balaban J connectivity index is 1.58. The number of methoxy groups -OCH3 is 1. The molecule has 2 aliphatic heterocycles. The highest BCUT2D eigenvalue weighted by Crippen LogP contribution is 2.39. The lowest BCUT2D eigenvalue weighted by molar-refractivity contribution is -0.143. The van der Waals surface area contributed by atoms with E-state index < -0.39 is 0 Å². The van der Waals surface area contributed by atoms with Crippen molar-refractivity contribution in [1.29, 1.82) is 0 Å². The maximum Gasteiger partial charge on any atom is 0.222 e. The standard InChI is InChI=1S/C21H29FN2O3/c1-27-13-12-24-16-21(10-8-20(24)26)9-3-11-23(15-21)19(25)7-6-17-4-2-5-18(22)14-17/h2,4-5,14H,3,6-13,15-16H2,1H3/t21-/m0/s1. The maximum absolute atomic E-state index is 13.3. The van der Waals surface area contributed by atoms with Crippen LogP contribution in [0.4, 0.5) is 4.39 Å². The van der Waals surface area contributed by atoms with Crippen LogP contribution in [-0.4, -0.2) is 61.5 Å². The molecule has 6 heteroatoms. The summed E-state index contributed by atoms with van der Waals surface area (Å²) in [5.74, 6) is 0.0470. The van der Waals surface area contributed by atoms with Crippen molar-refractivity contribution in [2.75, 3.05) is 39.9 Å². The molecular formula is C21H29FN2O3. The lowest BCUT2D eigenvalue weighted by Gasteiger charge is -2.48. The summed E-state index contributed by atoms with van der Waals surface area (Å²) in [5, 5.41) is 0. The summed E-state index contributed by atoms with van der Waals surface area (Å²) in [6, 6.07) is 6.44. The quantitative estimate of drug-likeness (QED) is 0.767. The van der Waals surface area contributed by atoms with E-state index in [2.05, 4.69) is 0 Å². The zero-order valence-corrected chi connectivity index (χ0v) is 16.1. The Morgan fingerprint density at radius 1 is 1.30 bits per heavy atom. The number of benzene rings is 1. The van der Waals surface area contributed by atoms with E-state index in [4.69, 9.17) is 4.74 Å². The van der Waals surface area contributed by atoms with Gasteiger partial charge in [0.25, 0.3) is 0 Å². The molecule has 1 atom stereocenters. The highest BCUT2D eigenvalue weighted by Gasteiger charge is 2.42. The SMILES string of the molecule is COCCN1C[C@@]2(CCCN(C(=O)CCc3cccc(F)c3)C2)CCC1=O. The second-order valence-electron chi connectivity index (χ2n) is 7.86. The van der Waals surface area contributed by atoms with Crippen LogP contribution in [0.2, 0.25) is 0 Å². The third-order valence-corrected chi connectivity index (χ3v) is 5.84. The number of carbonyl (C=O) groups excluding carboxylic acids is 2. The first-order valence-corrected chi connectivity index (χ1v) is 9.80. The number of carbonyl (C=O) groups is 2. The smallest absolute Gasteiger partial charge is 0.222 e. The van der Waals surface area contributed by atoms with Gasteiger partial charge >= 0.3 is 0 Å². The molecule has 3 rings (SSSR count). The molecule has 2 saturated heterocycles. The van der Waals surface area contributed by atoms with Gasteiger partial charge in [0.1, 0.15) is 5.82 Å². The van der Waals surface area contributed by atoms with Crippen LogP contribution in [0.25, 0.3) is 0 Å². The van der Waals surface area contributed by atoms with Crippen molar-refractivity contribution in [3.05, 3.63) is 35.6 Å². The molecule has 2 aliphatic rings. The molecule has 2 fully saturated rings. The van der Waals surface area contributed by atoms with Crippen molar-refractivity contribution in [2.45, 2.75) is 38.5 Å². The predicted molar refractivity (Wildman–Crippen MR) is 101 cm³/mol. The molecule has 0 N–H and O–H groups in total. The molecule has 0 aliphatic carbocycles. The van der Waals surface area contributed by atoms with Crippen molar-refractivity contribution < 1.29 is 18.7 Å². The summed E-state index contributed by atoms with van der Waals surface area (Å²) >= 11 is 0. The van der Waals surface area contributed by atoms with Gasteiger partial charge < -0.3 is 14.5 Å². The average molecular weight is 376 g/mol. The van der Waals surface area contributed by atoms with E-state index in [9.17, 15) is 14.0 Å². The largest absolute Gasteiger partial charge is 0.383 e. The Kier molecular flexibility index (Phi) is 6.47. The fourth-order valence-corrected chi connectivity index (χ4v) is 4.36. The van der Waals surface area contributed by atoms with Crippen LogP contribution in [0.5, 0.6) is 0 Å². The first-order chi connectivity index (χ1) is 13.0. The molecule has 0 unspecified atom stereocenters. The first kappa shape index (κ1) is 19.8. The van der Waals surface area contributed by atoms with Gasteiger partial charge in [-0.25, -0.2) is 4.39 Å². The number of hydrogen-bond acceptors (Lipinski definition) is 3. The second-order valence-corrected chi connectivity index (χ2v) is 7.86. The summed E-state index contributed by atoms with van der Waals surface area (Å²) in [6.45, 7) is 3.35. The second kappa shape index (κ2) is 8.83. The van der Waals surface area contributed by atoms with E-state index in [1.54, 1.807) is 13.2 Å². The molecule has 2 amide bonds. The van der Waals surface area contributed by atoms with Crippen molar-refractivity contribution in [2.24, 2.45) is 5.41 Å². The Bertz CT molecular complexity index is 681. The van der Waals surface area contributed by atoms with Crippen LogP contribution in [0.3, 0.4) is 0 Å². The van der Waals surface area contributed by atoms with Gasteiger partial charge in [0.2, 0.25) is 11.8 Å². The van der Waals surface area contributed by atoms with Crippen LogP contribution in [-0.2, 0) is 20.7 Å². The Labute approximate surface area is 160 Å². The highest BCUT2D eigenvalue weighted by atomic mass is 19.1. The van der Waals surface area contributed by atoms with E-state index >= 15 is 0 Å². The third-order valence-electron chi connectivity index (χ3n) is 5.84. The normalized spacial score (nSPS) is 23.1. The predicted octanol–water partition coefficient (Wildman–Crippen LogP) is 2.64. The number of halogens is 1. The van der Waals surface area contributed by atoms with Crippen LogP contribution < -0.4 is 0 Å². The summed E-state index contributed by atoms with van der Waals surface area (Å²) in [7, 11) is 1.64. The van der Waals surface area contributed by atoms with Crippen LogP contribution >= 0.6 is 0 Å². The van der Waals surface area contributed by atoms with E-state index in [0.717, 1.165) is 31.4 Å². The summed E-state index contributed by atoms with van der Waals surface area (Å²) in [5.41, 5.74) is 0.859. The number of piperidine rings is 2. The van der Waals surface area contributed by atoms with Gasteiger partial charge in [-0.2, -0.15) is 0 Å². The van der Waals surface area contributed by atoms with E-state index in [1.165, 1.54) is 12.1 Å². The zero-order valence-electron chi connectivity index (χ0n) is 16.1. The van der Waals surface area contributed by atoms with Gasteiger partial charge in [0.15, 0.2) is 0 Å². The lowest BCUT2D eigenvalue weighted by Crippen LogP contribution is -2.55. The number of ether oxygens (including phenoxy) is 1. The lowest BCUT2D eigenvalue weighted by atomic mass is 9.73. The Morgan fingerprint density at radius 2 is 2.15 bits per heavy atom. The molecule has 0 bridgehead atoms. The molecule has 5 nitrogen and oxygen atoms in total. The van der Waals surface area contributed by atoms with Gasteiger partial charge in [0.05, 0.1) is 6.61 Å². The number of rotatable bonds is 6. The average Bonchev–Trinajstić information content (AvgIpc) is 2.67. The fourth-order valence-electron chi connectivity index (χ4n) is 4.36. The minimum Gasteiger partial charge on any atom is -0.383 e.